The summed E-state index contributed by atoms with van der Waals surface area (Å²) in [4.78, 5) is 18.3. The second-order valence-corrected chi connectivity index (χ2v) is 20.1. The van der Waals surface area contributed by atoms with Crippen molar-refractivity contribution in [1.82, 2.24) is 19.9 Å². The lowest BCUT2D eigenvalue weighted by molar-refractivity contribution is 0.590. The molecule has 0 saturated carbocycles. The molecule has 5 heterocycles. The van der Waals surface area contributed by atoms with Gasteiger partial charge in [-0.05, 0) is 96.6 Å². The predicted molar refractivity (Wildman–Crippen MR) is 210 cm³/mol. The van der Waals surface area contributed by atoms with Gasteiger partial charge in [0.05, 0.1) is 22.8 Å². The summed E-state index contributed by atoms with van der Waals surface area (Å²) in [6.45, 7) is 9.02. The molecule has 2 N–H and O–H groups in total. The molecule has 0 atom stereocenters. The molecule has 3 aromatic heterocycles. The van der Waals surface area contributed by atoms with Gasteiger partial charge < -0.3 is 14.1 Å². The molecule has 0 unspecified atom stereocenters. The van der Waals surface area contributed by atoms with Crippen LogP contribution in [0.15, 0.2) is 121 Å². The van der Waals surface area contributed by atoms with Gasteiger partial charge in [-0.1, -0.05) is 91.0 Å². The van der Waals surface area contributed by atoms with E-state index in [1.807, 2.05) is 0 Å². The van der Waals surface area contributed by atoms with Crippen molar-refractivity contribution in [3.05, 3.63) is 144 Å². The van der Waals surface area contributed by atoms with Crippen molar-refractivity contribution in [3.63, 3.8) is 0 Å². The molecule has 8 bridgehead atoms. The van der Waals surface area contributed by atoms with Crippen molar-refractivity contribution in [1.29, 1.82) is 0 Å². The molecule has 0 fully saturated rings. The zero-order chi connectivity index (χ0) is 33.5. The van der Waals surface area contributed by atoms with Crippen molar-refractivity contribution < 1.29 is 4.12 Å². The highest BCUT2D eigenvalue weighted by Gasteiger charge is 2.27. The molecule has 5 nitrogen and oxygen atoms in total. The smallest absolute Gasteiger partial charge is 0.233 e. The molecule has 7 heteroatoms. The first-order valence-electron chi connectivity index (χ1n) is 16.7. The van der Waals surface area contributed by atoms with E-state index in [9.17, 15) is 0 Å². The number of aromatic nitrogens is 4. The molecule has 0 aliphatic carbocycles. The predicted octanol–water partition coefficient (Wildman–Crippen LogP) is 11.0. The lowest BCUT2D eigenvalue weighted by atomic mass is 10.0. The van der Waals surface area contributed by atoms with Crippen LogP contribution in [0.3, 0.4) is 0 Å². The maximum absolute atomic E-state index is 6.77. The van der Waals surface area contributed by atoms with Crippen LogP contribution in [0.2, 0.25) is 26.2 Å². The van der Waals surface area contributed by atoms with Crippen molar-refractivity contribution in [2.45, 2.75) is 26.2 Å². The summed E-state index contributed by atoms with van der Waals surface area (Å²) in [5, 5.41) is 1.17. The van der Waals surface area contributed by atoms with Gasteiger partial charge in [0.1, 0.15) is 0 Å². The van der Waals surface area contributed by atoms with Crippen LogP contribution in [0, 0.1) is 0 Å². The fourth-order valence-electron chi connectivity index (χ4n) is 6.72. The van der Waals surface area contributed by atoms with Gasteiger partial charge >= 0.3 is 0 Å². The minimum absolute atomic E-state index is 0.910. The van der Waals surface area contributed by atoms with Crippen LogP contribution < -0.4 is 0 Å². The summed E-state index contributed by atoms with van der Waals surface area (Å²) >= 11 is 0. The van der Waals surface area contributed by atoms with E-state index in [-0.39, 0.29) is 0 Å². The molecule has 0 saturated heterocycles. The Morgan fingerprint density at radius 1 is 0.551 bits per heavy atom. The van der Waals surface area contributed by atoms with Crippen molar-refractivity contribution in [3.8, 4) is 33.4 Å². The molecule has 3 aromatic carbocycles. The number of hydrogen-bond acceptors (Lipinski definition) is 3. The Bertz CT molecular complexity index is 2400. The van der Waals surface area contributed by atoms with Crippen LogP contribution in [0.1, 0.15) is 22.8 Å². The Balaban J connectivity index is 1.53. The van der Waals surface area contributed by atoms with Crippen LogP contribution >= 0.6 is 0 Å². The number of benzene rings is 3. The second kappa shape index (κ2) is 12.6. The molecule has 1 radical (unpaired) electrons. The molecule has 49 heavy (non-hydrogen) atoms. The van der Waals surface area contributed by atoms with Crippen LogP contribution in [-0.2, 0) is 4.12 Å². The summed E-state index contributed by atoms with van der Waals surface area (Å²) in [6, 6.07) is 42.4. The van der Waals surface area contributed by atoms with E-state index in [2.05, 4.69) is 176 Å². The summed E-state index contributed by atoms with van der Waals surface area (Å²) in [5.74, 6) is 0. The maximum atomic E-state index is 6.77. The van der Waals surface area contributed by atoms with E-state index in [1.165, 1.54) is 5.20 Å². The van der Waals surface area contributed by atoms with Crippen LogP contribution in [0.4, 0.5) is 0 Å². The van der Waals surface area contributed by atoms with Gasteiger partial charge in [0, 0.05) is 38.8 Å². The zero-order valence-corrected chi connectivity index (χ0v) is 30.1. The number of fused-ring (bicyclic) bond motifs is 8. The number of aromatic amines is 2. The van der Waals surface area contributed by atoms with E-state index in [4.69, 9.17) is 14.1 Å². The maximum Gasteiger partial charge on any atom is 0.233 e. The van der Waals surface area contributed by atoms with E-state index in [0.29, 0.717) is 0 Å². The minimum Gasteiger partial charge on any atom is -0.453 e. The van der Waals surface area contributed by atoms with E-state index in [1.54, 1.807) is 0 Å². The van der Waals surface area contributed by atoms with Gasteiger partial charge in [0.2, 0.25) is 9.04 Å². The Kier molecular flexibility index (Phi) is 7.96. The third-order valence-corrected chi connectivity index (χ3v) is 13.6. The third kappa shape index (κ3) is 6.20. The summed E-state index contributed by atoms with van der Waals surface area (Å²) in [5.41, 5.74) is 14.1. The van der Waals surface area contributed by atoms with Gasteiger partial charge in [-0.15, -0.1) is 0 Å². The first-order valence-corrected chi connectivity index (χ1v) is 22.0. The van der Waals surface area contributed by atoms with Crippen LogP contribution in [-0.4, -0.2) is 37.3 Å². The quantitative estimate of drug-likeness (QED) is 0.173. The molecular formula is C42H37N4OSi2. The third-order valence-electron chi connectivity index (χ3n) is 8.73. The van der Waals surface area contributed by atoms with Gasteiger partial charge in [0.15, 0.2) is 8.32 Å². The van der Waals surface area contributed by atoms with Crippen molar-refractivity contribution in [2.75, 3.05) is 0 Å². The fraction of sp³-hybridized carbons (Fsp3) is 0.0952. The first kappa shape index (κ1) is 31.0. The monoisotopic (exact) mass is 669 g/mol. The SMILES string of the molecule is C[Si](O[Si](C)(C)C)C1=Cc2nc1cc1ccc([nH]1)c(-c1ccccc1)c1nc(c(-c3ccccc3)c3ccc([nH]3)c2-c2ccccc2)C=C1. The minimum atomic E-state index is -1.80. The molecular weight excluding hydrogens is 633 g/mol. The fourth-order valence-corrected chi connectivity index (χ4v) is 11.7. The van der Waals surface area contributed by atoms with E-state index in [0.717, 1.165) is 78.2 Å². The number of nitrogens with one attached hydrogen (secondary N) is 2. The first-order chi connectivity index (χ1) is 23.8. The summed E-state index contributed by atoms with van der Waals surface area (Å²) in [7, 11) is -3.16. The number of nitrogens with zero attached hydrogens (tertiary/aromatic N) is 2. The molecule has 6 aromatic rings. The number of hydrogen-bond donors (Lipinski definition) is 2. The highest BCUT2D eigenvalue weighted by Crippen LogP contribution is 2.37. The molecule has 2 aliphatic rings. The Morgan fingerprint density at radius 3 is 1.53 bits per heavy atom. The standard InChI is InChI=1S/C42H37N4OSi2/c1-48(47-49(2,3)4)39-27-38-42(30-18-12-7-13-19-30)36-25-24-35(45-36)41(29-16-10-6-11-17-29)34-23-22-33(44-34)40(28-14-8-5-9-15-28)32-21-20-31(43-32)26-37(39)46-38/h5-27,43,45H,1-4H3. The molecule has 8 rings (SSSR count). The van der Waals surface area contributed by atoms with Crippen molar-refractivity contribution >= 4 is 62.8 Å². The van der Waals surface area contributed by atoms with E-state index < -0.39 is 17.4 Å². The summed E-state index contributed by atoms with van der Waals surface area (Å²) in [6.07, 6.45) is 6.53. The Morgan fingerprint density at radius 2 is 1.02 bits per heavy atom. The molecule has 0 spiro atoms. The molecule has 239 valence electrons. The number of rotatable bonds is 6. The topological polar surface area (TPSA) is 66.6 Å². The normalized spacial score (nSPS) is 12.8. The zero-order valence-electron chi connectivity index (χ0n) is 28.1. The van der Waals surface area contributed by atoms with Crippen LogP contribution in [0.25, 0.3) is 78.9 Å². The lowest BCUT2D eigenvalue weighted by Crippen LogP contribution is -2.33. The summed E-state index contributed by atoms with van der Waals surface area (Å²) < 4.78 is 6.77. The largest absolute Gasteiger partial charge is 0.453 e. The van der Waals surface area contributed by atoms with Gasteiger partial charge in [-0.25, -0.2) is 9.97 Å². The average Bonchev–Trinajstić information content (AvgIpc) is 3.92. The average molecular weight is 670 g/mol. The van der Waals surface area contributed by atoms with Gasteiger partial charge in [0.25, 0.3) is 0 Å². The van der Waals surface area contributed by atoms with Crippen LogP contribution in [0.5, 0.6) is 0 Å². The Hall–Kier alpha value is -5.35. The lowest BCUT2D eigenvalue weighted by Gasteiger charge is -2.22. The van der Waals surface area contributed by atoms with Crippen molar-refractivity contribution in [2.24, 2.45) is 0 Å². The highest BCUT2D eigenvalue weighted by molar-refractivity contribution is 6.84. The Labute approximate surface area is 289 Å². The number of H-pyrrole nitrogens is 2. The highest BCUT2D eigenvalue weighted by atomic mass is 28.4. The molecule has 0 amide bonds. The van der Waals surface area contributed by atoms with E-state index >= 15 is 0 Å². The van der Waals surface area contributed by atoms with Gasteiger partial charge in [-0.3, -0.25) is 0 Å². The molecule has 2 aliphatic heterocycles. The van der Waals surface area contributed by atoms with Gasteiger partial charge in [-0.2, -0.15) is 0 Å². The second-order valence-electron chi connectivity index (χ2n) is 13.4.